The highest BCUT2D eigenvalue weighted by molar-refractivity contribution is 5.73. The number of hydrogen-bond donors (Lipinski definition) is 2. The van der Waals surface area contributed by atoms with Gasteiger partial charge in [0.1, 0.15) is 5.75 Å². The van der Waals surface area contributed by atoms with Crippen LogP contribution >= 0.6 is 0 Å². The van der Waals surface area contributed by atoms with E-state index in [4.69, 9.17) is 4.74 Å². The van der Waals surface area contributed by atoms with Crippen LogP contribution in [0.5, 0.6) is 5.75 Å². The maximum absolute atomic E-state index is 10.9. The molecule has 88 valence electrons. The first-order chi connectivity index (χ1) is 7.58. The smallest absolute Gasteiger partial charge is 0.217 e. The van der Waals surface area contributed by atoms with Crippen molar-refractivity contribution in [1.29, 1.82) is 0 Å². The number of rotatable bonds is 4. The molecular formula is C12H17NO3. The summed E-state index contributed by atoms with van der Waals surface area (Å²) in [5.41, 5.74) is 1.85. The molecule has 1 amide bonds. The molecule has 4 heteroatoms. The highest BCUT2D eigenvalue weighted by Crippen LogP contribution is 2.22. The second-order valence-electron chi connectivity index (χ2n) is 3.66. The zero-order chi connectivity index (χ0) is 12.1. The molecule has 0 aliphatic heterocycles. The van der Waals surface area contributed by atoms with E-state index in [0.717, 1.165) is 16.9 Å². The van der Waals surface area contributed by atoms with Crippen LogP contribution in [0.25, 0.3) is 0 Å². The SMILES string of the molecule is COc1ccc(C(CO)NC(C)=O)cc1C. The average molecular weight is 223 g/mol. The molecule has 0 radical (unpaired) electrons. The maximum atomic E-state index is 10.9. The third-order valence-corrected chi connectivity index (χ3v) is 2.38. The second-order valence-corrected chi connectivity index (χ2v) is 3.66. The molecule has 1 atom stereocenters. The number of carbonyl (C=O) groups excluding carboxylic acids is 1. The van der Waals surface area contributed by atoms with Crippen molar-refractivity contribution in [2.75, 3.05) is 13.7 Å². The predicted molar refractivity (Wildman–Crippen MR) is 61.4 cm³/mol. The zero-order valence-electron chi connectivity index (χ0n) is 9.78. The first-order valence-corrected chi connectivity index (χ1v) is 5.11. The first kappa shape index (κ1) is 12.5. The van der Waals surface area contributed by atoms with Gasteiger partial charge in [-0.3, -0.25) is 4.79 Å². The van der Waals surface area contributed by atoms with Crippen LogP contribution in [0.3, 0.4) is 0 Å². The summed E-state index contributed by atoms with van der Waals surface area (Å²) in [6, 6.07) is 5.20. The Balaban J connectivity index is 2.93. The van der Waals surface area contributed by atoms with Gasteiger partial charge in [-0.15, -0.1) is 0 Å². The summed E-state index contributed by atoms with van der Waals surface area (Å²) >= 11 is 0. The molecule has 0 saturated carbocycles. The molecule has 0 heterocycles. The van der Waals surface area contributed by atoms with Gasteiger partial charge in [0, 0.05) is 6.92 Å². The maximum Gasteiger partial charge on any atom is 0.217 e. The van der Waals surface area contributed by atoms with Gasteiger partial charge in [-0.05, 0) is 24.1 Å². The van der Waals surface area contributed by atoms with Gasteiger partial charge in [-0.25, -0.2) is 0 Å². The Labute approximate surface area is 95.2 Å². The third kappa shape index (κ3) is 2.97. The van der Waals surface area contributed by atoms with Crippen molar-refractivity contribution in [1.82, 2.24) is 5.32 Å². The van der Waals surface area contributed by atoms with E-state index in [1.54, 1.807) is 7.11 Å². The number of amides is 1. The molecule has 0 bridgehead atoms. The Kier molecular flexibility index (Phi) is 4.31. The van der Waals surface area contributed by atoms with Crippen molar-refractivity contribution in [3.8, 4) is 5.75 Å². The topological polar surface area (TPSA) is 58.6 Å². The minimum Gasteiger partial charge on any atom is -0.496 e. The van der Waals surface area contributed by atoms with E-state index in [-0.39, 0.29) is 18.6 Å². The minimum atomic E-state index is -0.359. The number of nitrogens with one attached hydrogen (secondary N) is 1. The zero-order valence-corrected chi connectivity index (χ0v) is 9.78. The van der Waals surface area contributed by atoms with Gasteiger partial charge in [0.25, 0.3) is 0 Å². The average Bonchev–Trinajstić information content (AvgIpc) is 2.25. The van der Waals surface area contributed by atoms with Crippen LogP contribution in [-0.2, 0) is 4.79 Å². The quantitative estimate of drug-likeness (QED) is 0.805. The standard InChI is InChI=1S/C12H17NO3/c1-8-6-10(4-5-12(8)16-3)11(7-14)13-9(2)15/h4-6,11,14H,7H2,1-3H3,(H,13,15). The first-order valence-electron chi connectivity index (χ1n) is 5.11. The Hall–Kier alpha value is -1.55. The van der Waals surface area contributed by atoms with Gasteiger partial charge >= 0.3 is 0 Å². The molecule has 1 aromatic rings. The molecule has 0 spiro atoms. The van der Waals surface area contributed by atoms with Crippen molar-refractivity contribution in [2.45, 2.75) is 19.9 Å². The lowest BCUT2D eigenvalue weighted by Crippen LogP contribution is -2.28. The predicted octanol–water partition coefficient (Wildman–Crippen LogP) is 1.17. The molecule has 0 aliphatic carbocycles. The lowest BCUT2D eigenvalue weighted by atomic mass is 10.0. The fourth-order valence-electron chi connectivity index (χ4n) is 1.60. The van der Waals surface area contributed by atoms with Gasteiger partial charge in [0.2, 0.25) is 5.91 Å². The van der Waals surface area contributed by atoms with Gasteiger partial charge in [0.05, 0.1) is 19.8 Å². The van der Waals surface area contributed by atoms with Crippen LogP contribution in [0.15, 0.2) is 18.2 Å². The van der Waals surface area contributed by atoms with Crippen molar-refractivity contribution in [3.63, 3.8) is 0 Å². The monoisotopic (exact) mass is 223 g/mol. The number of methoxy groups -OCH3 is 1. The van der Waals surface area contributed by atoms with Crippen LogP contribution in [0.2, 0.25) is 0 Å². The number of hydrogen-bond acceptors (Lipinski definition) is 3. The summed E-state index contributed by atoms with van der Waals surface area (Å²) in [7, 11) is 1.61. The van der Waals surface area contributed by atoms with Crippen LogP contribution in [-0.4, -0.2) is 24.7 Å². The molecule has 16 heavy (non-hydrogen) atoms. The van der Waals surface area contributed by atoms with Crippen LogP contribution in [0, 0.1) is 6.92 Å². The summed E-state index contributed by atoms with van der Waals surface area (Å²) in [6.07, 6.45) is 0. The van der Waals surface area contributed by atoms with Gasteiger partial charge in [-0.1, -0.05) is 12.1 Å². The highest BCUT2D eigenvalue weighted by Gasteiger charge is 2.12. The number of aliphatic hydroxyl groups is 1. The highest BCUT2D eigenvalue weighted by atomic mass is 16.5. The summed E-state index contributed by atoms with van der Waals surface area (Å²) in [5, 5.41) is 11.9. The van der Waals surface area contributed by atoms with E-state index in [9.17, 15) is 9.90 Å². The number of aryl methyl sites for hydroxylation is 1. The third-order valence-electron chi connectivity index (χ3n) is 2.38. The molecule has 4 nitrogen and oxygen atoms in total. The van der Waals surface area contributed by atoms with Crippen LogP contribution in [0.4, 0.5) is 0 Å². The largest absolute Gasteiger partial charge is 0.496 e. The van der Waals surface area contributed by atoms with E-state index < -0.39 is 0 Å². The van der Waals surface area contributed by atoms with Crippen LogP contribution in [0.1, 0.15) is 24.1 Å². The molecule has 1 rings (SSSR count). The molecule has 0 fully saturated rings. The van der Waals surface area contributed by atoms with Crippen molar-refractivity contribution < 1.29 is 14.6 Å². The van der Waals surface area contributed by atoms with Crippen molar-refractivity contribution >= 4 is 5.91 Å². The van der Waals surface area contributed by atoms with Crippen molar-refractivity contribution in [2.24, 2.45) is 0 Å². The van der Waals surface area contributed by atoms with Gasteiger partial charge in [0.15, 0.2) is 0 Å². The summed E-state index contributed by atoms with van der Waals surface area (Å²) in [6.45, 7) is 3.23. The Bertz CT molecular complexity index is 377. The van der Waals surface area contributed by atoms with E-state index in [1.807, 2.05) is 25.1 Å². The van der Waals surface area contributed by atoms with E-state index in [1.165, 1.54) is 6.92 Å². The van der Waals surface area contributed by atoms with Crippen molar-refractivity contribution in [3.05, 3.63) is 29.3 Å². The van der Waals surface area contributed by atoms with E-state index in [0.29, 0.717) is 0 Å². The summed E-state index contributed by atoms with van der Waals surface area (Å²) in [5.74, 6) is 0.635. The minimum absolute atomic E-state index is 0.120. The molecular weight excluding hydrogens is 206 g/mol. The number of aliphatic hydroxyl groups excluding tert-OH is 1. The number of carbonyl (C=O) groups is 1. The summed E-state index contributed by atoms with van der Waals surface area (Å²) in [4.78, 5) is 10.9. The second kappa shape index (κ2) is 5.51. The molecule has 0 saturated heterocycles. The molecule has 2 N–H and O–H groups in total. The summed E-state index contributed by atoms with van der Waals surface area (Å²) < 4.78 is 5.14. The Morgan fingerprint density at radius 3 is 2.69 bits per heavy atom. The fraction of sp³-hybridized carbons (Fsp3) is 0.417. The number of ether oxygens (including phenoxy) is 1. The molecule has 0 aliphatic rings. The molecule has 1 unspecified atom stereocenters. The Morgan fingerprint density at radius 2 is 2.25 bits per heavy atom. The Morgan fingerprint density at radius 1 is 1.56 bits per heavy atom. The number of benzene rings is 1. The normalized spacial score (nSPS) is 12.0. The molecule has 1 aromatic carbocycles. The van der Waals surface area contributed by atoms with Crippen LogP contribution < -0.4 is 10.1 Å². The van der Waals surface area contributed by atoms with E-state index in [2.05, 4.69) is 5.32 Å². The van der Waals surface area contributed by atoms with E-state index >= 15 is 0 Å². The lowest BCUT2D eigenvalue weighted by Gasteiger charge is -2.17. The van der Waals surface area contributed by atoms with Gasteiger partial charge in [-0.2, -0.15) is 0 Å². The fourth-order valence-corrected chi connectivity index (χ4v) is 1.60. The molecule has 0 aromatic heterocycles. The lowest BCUT2D eigenvalue weighted by molar-refractivity contribution is -0.120. The van der Waals surface area contributed by atoms with Gasteiger partial charge < -0.3 is 15.2 Å².